The molecule has 2 aromatic rings. The molecule has 0 aliphatic carbocycles. The number of fused-ring (bicyclic) bond motifs is 1. The molecule has 5 N–H and O–H groups in total. The van der Waals surface area contributed by atoms with E-state index >= 15 is 0 Å². The fraction of sp³-hybridized carbons (Fsp3) is 0.417. The first kappa shape index (κ1) is 27.0. The molecule has 34 heavy (non-hydrogen) atoms. The standard InChI is InChI=1S/C22H28N6O3S.C2H6/c1-27(2)8-6-25-22(31)19-10-16-13-28(7-5-18(16)32-19)20(29)12-26-21(30)14-3-4-17(24)15(9-14)11-23;1-2/h3-4,9-11,23H,5-8,12-13,24H2,1-2H3,(H,25,31)(H,26,30);1-2H3. The first-order valence-electron chi connectivity index (χ1n) is 11.3. The van der Waals surface area contributed by atoms with Crippen molar-refractivity contribution >= 4 is 41.0 Å². The molecule has 0 saturated heterocycles. The molecule has 3 rings (SSSR count). The van der Waals surface area contributed by atoms with Crippen LogP contribution in [0.5, 0.6) is 0 Å². The first-order chi connectivity index (χ1) is 16.3. The van der Waals surface area contributed by atoms with Gasteiger partial charge in [0.2, 0.25) is 5.91 Å². The van der Waals surface area contributed by atoms with E-state index in [4.69, 9.17) is 11.1 Å². The van der Waals surface area contributed by atoms with Crippen LogP contribution in [0.1, 0.15) is 49.9 Å². The molecule has 0 saturated carbocycles. The van der Waals surface area contributed by atoms with Crippen molar-refractivity contribution in [3.05, 3.63) is 50.7 Å². The van der Waals surface area contributed by atoms with Gasteiger partial charge < -0.3 is 31.6 Å². The van der Waals surface area contributed by atoms with E-state index in [9.17, 15) is 14.4 Å². The number of thiophene rings is 1. The van der Waals surface area contributed by atoms with Gasteiger partial charge in [0.25, 0.3) is 11.8 Å². The number of rotatable bonds is 8. The molecule has 2 heterocycles. The van der Waals surface area contributed by atoms with E-state index in [0.717, 1.165) is 23.2 Å². The first-order valence-corrected chi connectivity index (χ1v) is 12.1. The summed E-state index contributed by atoms with van der Waals surface area (Å²) in [6.07, 6.45) is 1.77. The summed E-state index contributed by atoms with van der Waals surface area (Å²) in [5, 5.41) is 12.9. The zero-order valence-corrected chi connectivity index (χ0v) is 21.1. The van der Waals surface area contributed by atoms with Crippen LogP contribution in [0.2, 0.25) is 0 Å². The second-order valence-electron chi connectivity index (χ2n) is 7.85. The minimum atomic E-state index is -0.397. The number of benzene rings is 1. The average molecular weight is 487 g/mol. The number of nitrogens with two attached hydrogens (primary N) is 1. The molecule has 1 aliphatic heterocycles. The predicted octanol–water partition coefficient (Wildman–Crippen LogP) is 1.96. The summed E-state index contributed by atoms with van der Waals surface area (Å²) in [6, 6.07) is 6.50. The van der Waals surface area contributed by atoms with Gasteiger partial charge in [-0.15, -0.1) is 11.3 Å². The number of carbonyl (C=O) groups is 3. The molecule has 0 fully saturated rings. The van der Waals surface area contributed by atoms with Gasteiger partial charge in [-0.1, -0.05) is 13.8 Å². The van der Waals surface area contributed by atoms with Gasteiger partial charge in [0.05, 0.1) is 11.4 Å². The second-order valence-corrected chi connectivity index (χ2v) is 8.99. The topological polar surface area (TPSA) is 132 Å². The highest BCUT2D eigenvalue weighted by atomic mass is 32.1. The van der Waals surface area contributed by atoms with Gasteiger partial charge in [0, 0.05) is 54.1 Å². The Morgan fingerprint density at radius 3 is 2.59 bits per heavy atom. The molecule has 0 unspecified atom stereocenters. The lowest BCUT2D eigenvalue weighted by molar-refractivity contribution is -0.131. The molecular formula is C24H34N6O3S. The molecule has 0 bridgehead atoms. The Hall–Kier alpha value is -3.24. The minimum absolute atomic E-state index is 0.0934. The molecular weight excluding hydrogens is 452 g/mol. The van der Waals surface area contributed by atoms with Crippen LogP contribution in [-0.2, 0) is 17.8 Å². The van der Waals surface area contributed by atoms with Crippen molar-refractivity contribution in [2.75, 3.05) is 46.0 Å². The summed E-state index contributed by atoms with van der Waals surface area (Å²) < 4.78 is 0. The van der Waals surface area contributed by atoms with Gasteiger partial charge in [-0.05, 0) is 50.3 Å². The van der Waals surface area contributed by atoms with Crippen LogP contribution in [0.3, 0.4) is 0 Å². The number of hydrogen-bond acceptors (Lipinski definition) is 7. The molecule has 10 heteroatoms. The van der Waals surface area contributed by atoms with Gasteiger partial charge in [0.15, 0.2) is 0 Å². The van der Waals surface area contributed by atoms with E-state index in [0.29, 0.717) is 47.7 Å². The summed E-state index contributed by atoms with van der Waals surface area (Å²) in [5.41, 5.74) is 7.93. The fourth-order valence-corrected chi connectivity index (χ4v) is 4.43. The lowest BCUT2D eigenvalue weighted by Gasteiger charge is -2.27. The normalized spacial score (nSPS) is 12.3. The smallest absolute Gasteiger partial charge is 0.261 e. The molecule has 3 amide bonds. The summed E-state index contributed by atoms with van der Waals surface area (Å²) in [7, 11) is 3.90. The Bertz CT molecular complexity index is 1030. The number of nitrogen functional groups attached to an aromatic ring is 1. The molecule has 9 nitrogen and oxygen atoms in total. The zero-order chi connectivity index (χ0) is 25.3. The Labute approximate surface area is 204 Å². The molecule has 0 spiro atoms. The van der Waals surface area contributed by atoms with Crippen molar-refractivity contribution in [2.45, 2.75) is 26.8 Å². The van der Waals surface area contributed by atoms with Crippen molar-refractivity contribution in [2.24, 2.45) is 0 Å². The number of nitrogens with zero attached hydrogens (tertiary/aromatic N) is 2. The number of amides is 3. The lowest BCUT2D eigenvalue weighted by atomic mass is 10.1. The van der Waals surface area contributed by atoms with Gasteiger partial charge in [-0.25, -0.2) is 0 Å². The average Bonchev–Trinajstić information content (AvgIpc) is 3.27. The Kier molecular flexibility index (Phi) is 10.2. The molecule has 184 valence electrons. The van der Waals surface area contributed by atoms with Gasteiger partial charge in [0.1, 0.15) is 0 Å². The highest BCUT2D eigenvalue weighted by Crippen LogP contribution is 2.28. The summed E-state index contributed by atoms with van der Waals surface area (Å²) in [5.74, 6) is -0.676. The maximum atomic E-state index is 12.6. The van der Waals surface area contributed by atoms with E-state index in [2.05, 4.69) is 10.6 Å². The summed E-state index contributed by atoms with van der Waals surface area (Å²) in [6.45, 7) is 6.19. The van der Waals surface area contributed by atoms with Crippen LogP contribution in [0, 0.1) is 5.41 Å². The van der Waals surface area contributed by atoms with Crippen LogP contribution in [0.4, 0.5) is 5.69 Å². The van der Waals surface area contributed by atoms with Gasteiger partial charge in [-0.3, -0.25) is 14.4 Å². The molecule has 1 aromatic carbocycles. The number of carbonyl (C=O) groups excluding carboxylic acids is 3. The quantitative estimate of drug-likeness (QED) is 0.335. The summed E-state index contributed by atoms with van der Waals surface area (Å²) in [4.78, 5) is 42.9. The van der Waals surface area contributed by atoms with E-state index in [-0.39, 0.29) is 18.4 Å². The van der Waals surface area contributed by atoms with Gasteiger partial charge >= 0.3 is 0 Å². The number of hydrogen-bond donors (Lipinski definition) is 4. The molecule has 0 atom stereocenters. The van der Waals surface area contributed by atoms with Crippen molar-refractivity contribution in [1.29, 1.82) is 5.41 Å². The molecule has 1 aliphatic rings. The Morgan fingerprint density at radius 2 is 1.91 bits per heavy atom. The maximum Gasteiger partial charge on any atom is 0.261 e. The number of likely N-dealkylation sites (N-methyl/N-ethyl adjacent to an activating group) is 1. The third-order valence-corrected chi connectivity index (χ3v) is 6.43. The zero-order valence-electron chi connectivity index (χ0n) is 20.2. The van der Waals surface area contributed by atoms with Crippen molar-refractivity contribution in [3.8, 4) is 0 Å². The predicted molar refractivity (Wildman–Crippen MR) is 137 cm³/mol. The van der Waals surface area contributed by atoms with E-state index < -0.39 is 5.91 Å². The van der Waals surface area contributed by atoms with Crippen molar-refractivity contribution in [3.63, 3.8) is 0 Å². The second kappa shape index (κ2) is 12.9. The van der Waals surface area contributed by atoms with E-state index in [1.54, 1.807) is 17.0 Å². The minimum Gasteiger partial charge on any atom is -0.398 e. The van der Waals surface area contributed by atoms with Crippen LogP contribution in [0.15, 0.2) is 24.3 Å². The third-order valence-electron chi connectivity index (χ3n) is 5.19. The largest absolute Gasteiger partial charge is 0.398 e. The van der Waals surface area contributed by atoms with Crippen molar-refractivity contribution < 1.29 is 14.4 Å². The maximum absolute atomic E-state index is 12.6. The monoisotopic (exact) mass is 486 g/mol. The lowest BCUT2D eigenvalue weighted by Crippen LogP contribution is -2.42. The highest BCUT2D eigenvalue weighted by Gasteiger charge is 2.24. The van der Waals surface area contributed by atoms with Crippen LogP contribution in [0.25, 0.3) is 0 Å². The summed E-state index contributed by atoms with van der Waals surface area (Å²) >= 11 is 1.47. The Morgan fingerprint density at radius 1 is 1.18 bits per heavy atom. The van der Waals surface area contributed by atoms with Crippen LogP contribution < -0.4 is 16.4 Å². The molecule has 0 radical (unpaired) electrons. The van der Waals surface area contributed by atoms with E-state index in [1.165, 1.54) is 17.4 Å². The van der Waals surface area contributed by atoms with Crippen molar-refractivity contribution in [1.82, 2.24) is 20.4 Å². The van der Waals surface area contributed by atoms with Crippen LogP contribution in [-0.4, -0.2) is 74.0 Å². The SMILES string of the molecule is CC.CN(C)CCNC(=O)c1cc2c(s1)CCN(C(=O)CNC(=O)c1ccc(N)c(C=N)c1)C2. The third kappa shape index (κ3) is 7.13. The number of anilines is 1. The highest BCUT2D eigenvalue weighted by molar-refractivity contribution is 7.14. The Balaban J connectivity index is 0.00000199. The fourth-order valence-electron chi connectivity index (χ4n) is 3.35. The molecule has 1 aromatic heterocycles. The van der Waals surface area contributed by atoms with E-state index in [1.807, 2.05) is 38.9 Å². The van der Waals surface area contributed by atoms with Crippen LogP contribution >= 0.6 is 11.3 Å². The number of nitrogens with one attached hydrogen (secondary N) is 3. The van der Waals surface area contributed by atoms with Gasteiger partial charge in [-0.2, -0.15) is 0 Å².